The molecule has 3 aromatic rings. The second-order valence-electron chi connectivity index (χ2n) is 4.81. The molecule has 0 bridgehead atoms. The molecule has 21 heavy (non-hydrogen) atoms. The van der Waals surface area contributed by atoms with Crippen LogP contribution in [0.3, 0.4) is 0 Å². The first-order valence-electron chi connectivity index (χ1n) is 6.36. The molecule has 2 aromatic heterocycles. The minimum absolute atomic E-state index is 0.0575. The minimum atomic E-state index is -0.536. The molecule has 0 radical (unpaired) electrons. The Bertz CT molecular complexity index is 840. The van der Waals surface area contributed by atoms with Gasteiger partial charge >= 0.3 is 5.69 Å². The van der Waals surface area contributed by atoms with Crippen LogP contribution in [0.4, 0.5) is 11.5 Å². The number of pyridine rings is 1. The fourth-order valence-electron chi connectivity index (χ4n) is 2.20. The molecule has 7 heteroatoms. The number of anilines is 1. The number of rotatable bonds is 3. The average Bonchev–Trinajstić information content (AvgIpc) is 2.80. The minimum Gasteiger partial charge on any atom is -0.378 e. The molecule has 0 fully saturated rings. The number of hydrogen-bond acceptors (Lipinski definition) is 5. The SMILES string of the molecule is Cc1ccc2cc(Cn3ncc([N+](=O)[O-])c3N)ccc2n1. The molecule has 2 N–H and O–H groups in total. The van der Waals surface area contributed by atoms with Gasteiger partial charge in [-0.05, 0) is 30.7 Å². The van der Waals surface area contributed by atoms with E-state index in [9.17, 15) is 10.1 Å². The Balaban J connectivity index is 1.95. The summed E-state index contributed by atoms with van der Waals surface area (Å²) in [6, 6.07) is 9.76. The van der Waals surface area contributed by atoms with Gasteiger partial charge in [0.15, 0.2) is 0 Å². The Morgan fingerprint density at radius 2 is 2.14 bits per heavy atom. The van der Waals surface area contributed by atoms with Gasteiger partial charge < -0.3 is 5.73 Å². The summed E-state index contributed by atoms with van der Waals surface area (Å²) in [5, 5.41) is 15.7. The standard InChI is InChI=1S/C14H13N5O2/c1-9-2-4-11-6-10(3-5-12(11)17-9)8-18-14(15)13(7-16-18)19(20)21/h2-7H,8,15H2,1H3. The van der Waals surface area contributed by atoms with Crippen LogP contribution >= 0.6 is 0 Å². The van der Waals surface area contributed by atoms with Crippen molar-refractivity contribution in [1.82, 2.24) is 14.8 Å². The number of nitrogens with zero attached hydrogens (tertiary/aromatic N) is 4. The van der Waals surface area contributed by atoms with Crippen molar-refractivity contribution in [3.63, 3.8) is 0 Å². The van der Waals surface area contributed by atoms with Crippen LogP contribution in [0.5, 0.6) is 0 Å². The molecule has 0 saturated carbocycles. The summed E-state index contributed by atoms with van der Waals surface area (Å²) < 4.78 is 1.42. The summed E-state index contributed by atoms with van der Waals surface area (Å²) in [5.41, 5.74) is 8.39. The molecule has 0 saturated heterocycles. The van der Waals surface area contributed by atoms with Gasteiger partial charge in [-0.15, -0.1) is 0 Å². The lowest BCUT2D eigenvalue weighted by molar-refractivity contribution is -0.384. The topological polar surface area (TPSA) is 99.9 Å². The van der Waals surface area contributed by atoms with Crippen molar-refractivity contribution in [2.75, 3.05) is 5.73 Å². The highest BCUT2D eigenvalue weighted by Gasteiger charge is 2.17. The zero-order chi connectivity index (χ0) is 15.0. The lowest BCUT2D eigenvalue weighted by atomic mass is 10.1. The van der Waals surface area contributed by atoms with Gasteiger partial charge in [-0.1, -0.05) is 12.1 Å². The second kappa shape index (κ2) is 4.86. The van der Waals surface area contributed by atoms with Gasteiger partial charge in [-0.3, -0.25) is 15.1 Å². The van der Waals surface area contributed by atoms with Crippen molar-refractivity contribution in [1.29, 1.82) is 0 Å². The molecule has 0 unspecified atom stereocenters. The Morgan fingerprint density at radius 3 is 2.86 bits per heavy atom. The molecule has 0 aliphatic carbocycles. The fourth-order valence-corrected chi connectivity index (χ4v) is 2.20. The van der Waals surface area contributed by atoms with Crippen LogP contribution in [-0.4, -0.2) is 19.7 Å². The predicted molar refractivity (Wildman–Crippen MR) is 78.9 cm³/mol. The van der Waals surface area contributed by atoms with Crippen LogP contribution in [0.15, 0.2) is 36.5 Å². The Morgan fingerprint density at radius 1 is 1.33 bits per heavy atom. The smallest absolute Gasteiger partial charge is 0.330 e. The van der Waals surface area contributed by atoms with Crippen LogP contribution < -0.4 is 5.73 Å². The molecule has 0 spiro atoms. The van der Waals surface area contributed by atoms with Gasteiger partial charge in [-0.25, -0.2) is 4.68 Å². The molecular formula is C14H13N5O2. The second-order valence-corrected chi connectivity index (χ2v) is 4.81. The van der Waals surface area contributed by atoms with Crippen molar-refractivity contribution in [2.24, 2.45) is 0 Å². The zero-order valence-corrected chi connectivity index (χ0v) is 11.4. The number of aryl methyl sites for hydroxylation is 1. The summed E-state index contributed by atoms with van der Waals surface area (Å²) in [4.78, 5) is 14.7. The van der Waals surface area contributed by atoms with Crippen molar-refractivity contribution >= 4 is 22.4 Å². The molecule has 3 rings (SSSR count). The van der Waals surface area contributed by atoms with E-state index in [0.717, 1.165) is 22.2 Å². The molecule has 2 heterocycles. The summed E-state index contributed by atoms with van der Waals surface area (Å²) in [7, 11) is 0. The maximum atomic E-state index is 10.8. The molecule has 0 aliphatic heterocycles. The van der Waals surface area contributed by atoms with E-state index in [1.54, 1.807) is 0 Å². The van der Waals surface area contributed by atoms with Crippen molar-refractivity contribution in [2.45, 2.75) is 13.5 Å². The number of benzene rings is 1. The van der Waals surface area contributed by atoms with Gasteiger partial charge in [0.25, 0.3) is 0 Å². The summed E-state index contributed by atoms with van der Waals surface area (Å²) in [6.45, 7) is 2.32. The van der Waals surface area contributed by atoms with Gasteiger partial charge in [0, 0.05) is 11.1 Å². The molecule has 0 amide bonds. The van der Waals surface area contributed by atoms with E-state index in [1.807, 2.05) is 37.3 Å². The average molecular weight is 283 g/mol. The molecule has 0 aliphatic rings. The first-order chi connectivity index (χ1) is 10.0. The third-order valence-electron chi connectivity index (χ3n) is 3.28. The summed E-state index contributed by atoms with van der Waals surface area (Å²) in [5.74, 6) is 0.0575. The van der Waals surface area contributed by atoms with E-state index in [0.29, 0.717) is 6.54 Å². The molecular weight excluding hydrogens is 270 g/mol. The van der Waals surface area contributed by atoms with Crippen LogP contribution in [-0.2, 0) is 6.54 Å². The van der Waals surface area contributed by atoms with E-state index >= 15 is 0 Å². The molecule has 106 valence electrons. The number of fused-ring (bicyclic) bond motifs is 1. The van der Waals surface area contributed by atoms with Crippen molar-refractivity contribution in [3.05, 3.63) is 57.9 Å². The lowest BCUT2D eigenvalue weighted by Crippen LogP contribution is -2.06. The first kappa shape index (κ1) is 13.0. The number of aromatic nitrogens is 3. The zero-order valence-electron chi connectivity index (χ0n) is 11.4. The van der Waals surface area contributed by atoms with Gasteiger partial charge in [0.05, 0.1) is 17.0 Å². The van der Waals surface area contributed by atoms with E-state index in [2.05, 4.69) is 10.1 Å². The highest BCUT2D eigenvalue weighted by atomic mass is 16.6. The van der Waals surface area contributed by atoms with Crippen molar-refractivity contribution < 1.29 is 4.92 Å². The Hall–Kier alpha value is -2.96. The Kier molecular flexibility index (Phi) is 3.02. The predicted octanol–water partition coefficient (Wildman–Crippen LogP) is 2.28. The van der Waals surface area contributed by atoms with E-state index in [-0.39, 0.29) is 11.5 Å². The number of hydrogen-bond donors (Lipinski definition) is 1. The quantitative estimate of drug-likeness (QED) is 0.587. The van der Waals surface area contributed by atoms with E-state index in [1.165, 1.54) is 10.9 Å². The highest BCUT2D eigenvalue weighted by Crippen LogP contribution is 2.22. The van der Waals surface area contributed by atoms with Gasteiger partial charge in [0.2, 0.25) is 5.82 Å². The summed E-state index contributed by atoms with van der Waals surface area (Å²) in [6.07, 6.45) is 1.17. The van der Waals surface area contributed by atoms with E-state index < -0.39 is 4.92 Å². The molecule has 1 aromatic carbocycles. The van der Waals surface area contributed by atoms with Gasteiger partial charge in [-0.2, -0.15) is 5.10 Å². The fraction of sp³-hybridized carbons (Fsp3) is 0.143. The highest BCUT2D eigenvalue weighted by molar-refractivity contribution is 5.79. The molecule has 7 nitrogen and oxygen atoms in total. The third-order valence-corrected chi connectivity index (χ3v) is 3.28. The van der Waals surface area contributed by atoms with Crippen LogP contribution in [0, 0.1) is 17.0 Å². The van der Waals surface area contributed by atoms with E-state index in [4.69, 9.17) is 5.73 Å². The largest absolute Gasteiger partial charge is 0.378 e. The Labute approximate surface area is 120 Å². The maximum absolute atomic E-state index is 10.8. The van der Waals surface area contributed by atoms with Gasteiger partial charge in [0.1, 0.15) is 6.20 Å². The number of nitro groups is 1. The van der Waals surface area contributed by atoms with Crippen molar-refractivity contribution in [3.8, 4) is 0 Å². The summed E-state index contributed by atoms with van der Waals surface area (Å²) >= 11 is 0. The maximum Gasteiger partial charge on any atom is 0.330 e. The molecule has 0 atom stereocenters. The number of nitrogens with two attached hydrogens (primary N) is 1. The van der Waals surface area contributed by atoms with Crippen LogP contribution in [0.1, 0.15) is 11.3 Å². The monoisotopic (exact) mass is 283 g/mol. The normalized spacial score (nSPS) is 10.9. The number of nitrogen functional groups attached to an aromatic ring is 1. The third kappa shape index (κ3) is 2.40. The van der Waals surface area contributed by atoms with Crippen LogP contribution in [0.2, 0.25) is 0 Å². The van der Waals surface area contributed by atoms with Crippen LogP contribution in [0.25, 0.3) is 10.9 Å². The lowest BCUT2D eigenvalue weighted by Gasteiger charge is -2.06. The first-order valence-corrected chi connectivity index (χ1v) is 6.36.